The monoisotopic (exact) mass is 399 g/mol. The van der Waals surface area contributed by atoms with Gasteiger partial charge in [-0.3, -0.25) is 5.43 Å². The van der Waals surface area contributed by atoms with Crippen LogP contribution in [0.5, 0.6) is 11.6 Å². The van der Waals surface area contributed by atoms with E-state index in [1.54, 1.807) is 12.1 Å². The summed E-state index contributed by atoms with van der Waals surface area (Å²) in [6.45, 7) is 3.94. The van der Waals surface area contributed by atoms with Gasteiger partial charge in [0.1, 0.15) is 17.8 Å². The zero-order chi connectivity index (χ0) is 20.1. The highest BCUT2D eigenvalue weighted by molar-refractivity contribution is 7.89. The van der Waals surface area contributed by atoms with Crippen LogP contribution in [0.2, 0.25) is 0 Å². The van der Waals surface area contributed by atoms with E-state index in [9.17, 15) is 8.42 Å². The Hall–Kier alpha value is -3.17. The minimum absolute atomic E-state index is 0.0775. The van der Waals surface area contributed by atoms with Gasteiger partial charge in [-0.1, -0.05) is 36.8 Å². The molecule has 0 radical (unpaired) electrons. The van der Waals surface area contributed by atoms with Crippen LogP contribution < -0.4 is 20.7 Å². The minimum atomic E-state index is -3.79. The van der Waals surface area contributed by atoms with Crippen molar-refractivity contribution >= 4 is 21.5 Å². The number of benzene rings is 2. The molecule has 0 bridgehead atoms. The van der Waals surface area contributed by atoms with Gasteiger partial charge >= 0.3 is 0 Å². The summed E-state index contributed by atoms with van der Waals surface area (Å²) in [4.78, 5) is 10.3. The highest BCUT2D eigenvalue weighted by Crippen LogP contribution is 2.29. The number of anilines is 2. The summed E-state index contributed by atoms with van der Waals surface area (Å²) in [5.41, 5.74) is 10.8. The van der Waals surface area contributed by atoms with E-state index in [0.717, 1.165) is 12.0 Å². The molecule has 0 amide bonds. The molecule has 4 N–H and O–H groups in total. The first-order chi connectivity index (χ1) is 13.4. The van der Waals surface area contributed by atoms with Crippen LogP contribution in [0.3, 0.4) is 0 Å². The average Bonchev–Trinajstić information content (AvgIpc) is 2.69. The highest BCUT2D eigenvalue weighted by Gasteiger charge is 2.16. The number of ether oxygens (including phenoxy) is 1. The fourth-order valence-electron chi connectivity index (χ4n) is 2.36. The maximum atomic E-state index is 12.4. The van der Waals surface area contributed by atoms with E-state index in [1.807, 2.05) is 31.2 Å². The van der Waals surface area contributed by atoms with Crippen LogP contribution >= 0.6 is 0 Å². The van der Waals surface area contributed by atoms with Crippen LogP contribution in [0.1, 0.15) is 18.1 Å². The Morgan fingerprint density at radius 2 is 1.71 bits per heavy atom. The van der Waals surface area contributed by atoms with Gasteiger partial charge in [0.05, 0.1) is 4.90 Å². The summed E-state index contributed by atoms with van der Waals surface area (Å²) in [5.74, 6) is 0.774. The number of rotatable bonds is 7. The third kappa shape index (κ3) is 4.56. The van der Waals surface area contributed by atoms with Gasteiger partial charge in [-0.25, -0.2) is 13.4 Å². The Kier molecular flexibility index (Phi) is 5.76. The van der Waals surface area contributed by atoms with Gasteiger partial charge in [-0.05, 0) is 43.2 Å². The van der Waals surface area contributed by atoms with Gasteiger partial charge < -0.3 is 10.5 Å². The molecule has 1 aromatic heterocycles. The molecule has 0 spiro atoms. The molecule has 28 heavy (non-hydrogen) atoms. The summed E-state index contributed by atoms with van der Waals surface area (Å²) >= 11 is 0. The summed E-state index contributed by atoms with van der Waals surface area (Å²) in [5, 5.41) is 0. The van der Waals surface area contributed by atoms with Gasteiger partial charge in [0.2, 0.25) is 5.88 Å². The molecule has 0 fully saturated rings. The topological polar surface area (TPSA) is 119 Å². The fraction of sp³-hybridized carbons (Fsp3) is 0.158. The smallest absolute Gasteiger partial charge is 0.257 e. The standard InChI is InChI=1S/C19H21N5O3S/c1-3-14-6-8-15(9-7-14)27-19-17(20)18(21-12-22-19)23-24-28(25,26)16-10-4-13(2)5-11-16/h4-12,24H,3,20H2,1-2H3,(H,21,22,23). The number of hydrogen-bond donors (Lipinski definition) is 3. The normalized spacial score (nSPS) is 11.2. The quantitative estimate of drug-likeness (QED) is 0.522. The Balaban J connectivity index is 1.74. The first-order valence-electron chi connectivity index (χ1n) is 8.61. The number of nitrogens with one attached hydrogen (secondary N) is 2. The van der Waals surface area contributed by atoms with E-state index in [0.29, 0.717) is 5.75 Å². The van der Waals surface area contributed by atoms with Crippen LogP contribution in [0, 0.1) is 6.92 Å². The molecule has 146 valence electrons. The first kappa shape index (κ1) is 19.6. The molecule has 3 rings (SSSR count). The van der Waals surface area contributed by atoms with Crippen molar-refractivity contribution < 1.29 is 13.2 Å². The van der Waals surface area contributed by atoms with Crippen LogP contribution in [-0.4, -0.2) is 18.4 Å². The molecule has 9 heteroatoms. The molecule has 0 aliphatic heterocycles. The van der Waals surface area contributed by atoms with Crippen molar-refractivity contribution in [2.24, 2.45) is 0 Å². The second-order valence-corrected chi connectivity index (χ2v) is 7.77. The lowest BCUT2D eigenvalue weighted by Gasteiger charge is -2.13. The van der Waals surface area contributed by atoms with Crippen LogP contribution in [0.25, 0.3) is 0 Å². The molecule has 0 aliphatic carbocycles. The molecule has 0 aliphatic rings. The van der Waals surface area contributed by atoms with Crippen molar-refractivity contribution in [3.8, 4) is 11.6 Å². The number of hydrazine groups is 1. The van der Waals surface area contributed by atoms with Crippen molar-refractivity contribution in [3.63, 3.8) is 0 Å². The molecule has 2 aromatic carbocycles. The van der Waals surface area contributed by atoms with Crippen LogP contribution in [0.4, 0.5) is 11.5 Å². The van der Waals surface area contributed by atoms with Crippen LogP contribution in [-0.2, 0) is 16.4 Å². The van der Waals surface area contributed by atoms with Crippen molar-refractivity contribution in [1.82, 2.24) is 14.8 Å². The third-order valence-electron chi connectivity index (χ3n) is 4.03. The van der Waals surface area contributed by atoms with Gasteiger partial charge in [-0.15, -0.1) is 4.83 Å². The second-order valence-electron chi connectivity index (χ2n) is 6.08. The molecule has 3 aromatic rings. The Morgan fingerprint density at radius 1 is 1.04 bits per heavy atom. The summed E-state index contributed by atoms with van der Waals surface area (Å²) in [7, 11) is -3.79. The molecule has 0 unspecified atom stereocenters. The molecular weight excluding hydrogens is 378 g/mol. The lowest BCUT2D eigenvalue weighted by molar-refractivity contribution is 0.464. The SMILES string of the molecule is CCc1ccc(Oc2ncnc(NNS(=O)(=O)c3ccc(C)cc3)c2N)cc1. The third-order valence-corrected chi connectivity index (χ3v) is 5.29. The van der Waals surface area contributed by atoms with Gasteiger partial charge in [0, 0.05) is 0 Å². The summed E-state index contributed by atoms with van der Waals surface area (Å²) < 4.78 is 30.4. The minimum Gasteiger partial charge on any atom is -0.437 e. The molecule has 0 atom stereocenters. The van der Waals surface area contributed by atoms with E-state index in [1.165, 1.54) is 24.0 Å². The van der Waals surface area contributed by atoms with Crippen molar-refractivity contribution in [1.29, 1.82) is 0 Å². The van der Waals surface area contributed by atoms with Gasteiger partial charge in [0.25, 0.3) is 10.0 Å². The number of nitrogens with two attached hydrogens (primary N) is 1. The molecule has 8 nitrogen and oxygen atoms in total. The molecular formula is C19H21N5O3S. The number of nitrogen functional groups attached to an aromatic ring is 1. The fourth-order valence-corrected chi connectivity index (χ4v) is 3.20. The van der Waals surface area contributed by atoms with Crippen molar-refractivity contribution in [2.45, 2.75) is 25.2 Å². The number of hydrogen-bond acceptors (Lipinski definition) is 7. The van der Waals surface area contributed by atoms with Crippen molar-refractivity contribution in [3.05, 3.63) is 66.0 Å². The van der Waals surface area contributed by atoms with Crippen molar-refractivity contribution in [2.75, 3.05) is 11.2 Å². The second kappa shape index (κ2) is 8.24. The first-order valence-corrected chi connectivity index (χ1v) is 10.1. The largest absolute Gasteiger partial charge is 0.437 e. The molecule has 0 saturated carbocycles. The predicted octanol–water partition coefficient (Wildman–Crippen LogP) is 3.03. The average molecular weight is 399 g/mol. The van der Waals surface area contributed by atoms with Gasteiger partial charge in [-0.2, -0.15) is 4.98 Å². The number of aryl methyl sites for hydroxylation is 2. The zero-order valence-electron chi connectivity index (χ0n) is 15.5. The maximum Gasteiger partial charge on any atom is 0.257 e. The van der Waals surface area contributed by atoms with E-state index in [4.69, 9.17) is 10.5 Å². The Morgan fingerprint density at radius 3 is 2.36 bits per heavy atom. The number of aromatic nitrogens is 2. The van der Waals surface area contributed by atoms with Crippen LogP contribution in [0.15, 0.2) is 59.8 Å². The predicted molar refractivity (Wildman–Crippen MR) is 107 cm³/mol. The lowest BCUT2D eigenvalue weighted by Crippen LogP contribution is -2.30. The maximum absolute atomic E-state index is 12.4. The Bertz CT molecular complexity index is 1050. The number of nitrogens with zero attached hydrogens (tertiary/aromatic N) is 2. The summed E-state index contributed by atoms with van der Waals surface area (Å²) in [6, 6.07) is 14.0. The number of sulfonamides is 1. The highest BCUT2D eigenvalue weighted by atomic mass is 32.2. The molecule has 0 saturated heterocycles. The van der Waals surface area contributed by atoms with E-state index in [-0.39, 0.29) is 22.3 Å². The summed E-state index contributed by atoms with van der Waals surface area (Å²) in [6.07, 6.45) is 2.15. The van der Waals surface area contributed by atoms with Gasteiger partial charge in [0.15, 0.2) is 5.82 Å². The van der Waals surface area contributed by atoms with E-state index >= 15 is 0 Å². The molecule has 1 heterocycles. The van der Waals surface area contributed by atoms with E-state index < -0.39 is 10.0 Å². The Labute approximate surface area is 163 Å². The zero-order valence-corrected chi connectivity index (χ0v) is 16.3. The lowest BCUT2D eigenvalue weighted by atomic mass is 10.2. The van der Waals surface area contributed by atoms with E-state index in [2.05, 4.69) is 27.1 Å².